The van der Waals surface area contributed by atoms with Crippen molar-refractivity contribution in [2.24, 2.45) is 10.4 Å². The van der Waals surface area contributed by atoms with Crippen molar-refractivity contribution in [3.63, 3.8) is 0 Å². The van der Waals surface area contributed by atoms with E-state index < -0.39 is 0 Å². The van der Waals surface area contributed by atoms with Crippen LogP contribution in [0.25, 0.3) is 22.2 Å². The molecule has 1 amide bonds. The number of rotatable bonds is 10. The molecule has 205 valence electrons. The molecule has 3 aromatic heterocycles. The maximum atomic E-state index is 13.8. The second-order valence-corrected chi connectivity index (χ2v) is 11.1. The van der Waals surface area contributed by atoms with Gasteiger partial charge in [0.05, 0.1) is 24.0 Å². The molecule has 4 heterocycles. The monoisotopic (exact) mass is 537 g/mol. The van der Waals surface area contributed by atoms with E-state index in [0.717, 1.165) is 24.0 Å². The highest BCUT2D eigenvalue weighted by atomic mass is 16.2. The molecule has 3 unspecified atom stereocenters. The Morgan fingerprint density at radius 1 is 1.23 bits per heavy atom. The Hall–Kier alpha value is -3.99. The van der Waals surface area contributed by atoms with Gasteiger partial charge in [0, 0.05) is 48.5 Å². The molecule has 1 aliphatic heterocycles. The van der Waals surface area contributed by atoms with Gasteiger partial charge in [-0.25, -0.2) is 9.97 Å². The molecule has 0 spiro atoms. The van der Waals surface area contributed by atoms with Crippen molar-refractivity contribution in [1.82, 2.24) is 34.5 Å². The van der Waals surface area contributed by atoms with Crippen molar-refractivity contribution in [1.29, 1.82) is 0 Å². The normalized spacial score (nSPS) is 22.2. The van der Waals surface area contributed by atoms with Gasteiger partial charge >= 0.3 is 0 Å². The Balaban J connectivity index is 1.42. The average Bonchev–Trinajstić information content (AvgIpc) is 3.27. The highest BCUT2D eigenvalue weighted by Gasteiger charge is 2.62. The lowest BCUT2D eigenvalue weighted by molar-refractivity contribution is -0.132. The fourth-order valence-corrected chi connectivity index (χ4v) is 5.63. The first-order valence-corrected chi connectivity index (χ1v) is 13.4. The zero-order chi connectivity index (χ0) is 28.6. The van der Waals surface area contributed by atoms with Gasteiger partial charge in [0.25, 0.3) is 0 Å². The van der Waals surface area contributed by atoms with E-state index in [-0.39, 0.29) is 35.6 Å². The highest BCUT2D eigenvalue weighted by Crippen LogP contribution is 2.59. The van der Waals surface area contributed by atoms with Crippen molar-refractivity contribution < 1.29 is 9.59 Å². The quantitative estimate of drug-likeness (QED) is 0.222. The Kier molecular flexibility index (Phi) is 7.50. The molecule has 2 fully saturated rings. The number of fused-ring (bicyclic) bond motifs is 2. The number of piperidine rings is 1. The largest absolute Gasteiger partial charge is 0.342 e. The van der Waals surface area contributed by atoms with E-state index in [0.29, 0.717) is 34.7 Å². The molecule has 5 rings (SSSR count). The fourth-order valence-electron chi connectivity index (χ4n) is 5.63. The number of amides is 1. The van der Waals surface area contributed by atoms with Crippen LogP contribution in [0.4, 0.5) is 0 Å². The Bertz CT molecular complexity index is 1530. The molecule has 1 radical (unpaired) electrons. The maximum Gasteiger partial charge on any atom is 0.244 e. The third-order valence-corrected chi connectivity index (χ3v) is 7.62. The number of carbonyl (C=O) groups excluding carboxylic acids is 2. The molecule has 40 heavy (non-hydrogen) atoms. The molecule has 3 atom stereocenters. The number of aromatic nitrogens is 5. The van der Waals surface area contributed by atoms with Crippen LogP contribution in [0.2, 0.25) is 0 Å². The Morgan fingerprint density at radius 2 is 1.98 bits per heavy atom. The Labute approximate surface area is 235 Å². The van der Waals surface area contributed by atoms with Gasteiger partial charge < -0.3 is 9.80 Å². The van der Waals surface area contributed by atoms with Gasteiger partial charge in [-0.1, -0.05) is 25.7 Å². The molecule has 1 saturated heterocycles. The molecule has 0 N–H and O–H groups in total. The molecule has 1 aliphatic carbocycles. The minimum atomic E-state index is -0.176. The average molecular weight is 537 g/mol. The van der Waals surface area contributed by atoms with E-state index in [1.54, 1.807) is 23.3 Å². The van der Waals surface area contributed by atoms with Crippen molar-refractivity contribution in [2.75, 3.05) is 14.1 Å². The second-order valence-electron chi connectivity index (χ2n) is 11.1. The van der Waals surface area contributed by atoms with Gasteiger partial charge in [-0.05, 0) is 51.0 Å². The van der Waals surface area contributed by atoms with Crippen molar-refractivity contribution in [3.8, 4) is 11.3 Å². The molecule has 11 heteroatoms. The van der Waals surface area contributed by atoms with E-state index in [1.165, 1.54) is 13.1 Å². The van der Waals surface area contributed by atoms with Crippen LogP contribution in [0.1, 0.15) is 49.9 Å². The summed E-state index contributed by atoms with van der Waals surface area (Å²) in [5.41, 5.74) is 3.22. The third-order valence-electron chi connectivity index (χ3n) is 7.62. The van der Waals surface area contributed by atoms with Crippen molar-refractivity contribution >= 4 is 35.5 Å². The zero-order valence-electron chi connectivity index (χ0n) is 23.7. The van der Waals surface area contributed by atoms with Gasteiger partial charge in [-0.3, -0.25) is 24.2 Å². The van der Waals surface area contributed by atoms with Crippen LogP contribution >= 0.6 is 0 Å². The molecule has 3 aromatic rings. The zero-order valence-corrected chi connectivity index (χ0v) is 23.7. The van der Waals surface area contributed by atoms with Crippen LogP contribution < -0.4 is 0 Å². The van der Waals surface area contributed by atoms with Crippen LogP contribution in [0.15, 0.2) is 54.6 Å². The number of aliphatic imine (C=N–C) groups is 1. The van der Waals surface area contributed by atoms with Crippen LogP contribution in [-0.2, 0) is 17.9 Å². The molecule has 0 bridgehead atoms. The van der Waals surface area contributed by atoms with Crippen LogP contribution in [0, 0.1) is 5.41 Å². The summed E-state index contributed by atoms with van der Waals surface area (Å²) < 4.78 is 1.60. The number of hydrogen-bond acceptors (Lipinski definition) is 8. The minimum Gasteiger partial charge on any atom is -0.342 e. The van der Waals surface area contributed by atoms with E-state index >= 15 is 0 Å². The first-order chi connectivity index (χ1) is 19.1. The van der Waals surface area contributed by atoms with Gasteiger partial charge in [-0.15, -0.1) is 0 Å². The number of hydrogen-bond donors (Lipinski definition) is 0. The molecule has 2 aliphatic rings. The summed E-state index contributed by atoms with van der Waals surface area (Å²) in [6.45, 7) is 10.0. The first kappa shape index (κ1) is 27.6. The molecular formula is C29H34BN8O2. The van der Waals surface area contributed by atoms with Gasteiger partial charge in [0.15, 0.2) is 5.78 Å². The number of nitrogens with zero attached hydrogens (tertiary/aromatic N) is 8. The first-order valence-electron chi connectivity index (χ1n) is 13.4. The SMILES string of the molecule is C=CN=C([B]C1CC2(C)CC2N1C(=O)Cn1nc(C(C)=O)c2cc(-c3cnc(CN(C)C)nc3)ncc21)/C=C\C. The van der Waals surface area contributed by atoms with Crippen molar-refractivity contribution in [2.45, 2.75) is 58.7 Å². The van der Waals surface area contributed by atoms with Crippen LogP contribution in [0.5, 0.6) is 0 Å². The number of carbonyl (C=O) groups is 2. The second kappa shape index (κ2) is 10.9. The number of allylic oxidation sites excluding steroid dienone is 2. The summed E-state index contributed by atoms with van der Waals surface area (Å²) in [7, 11) is 5.96. The van der Waals surface area contributed by atoms with E-state index in [4.69, 9.17) is 0 Å². The summed E-state index contributed by atoms with van der Waals surface area (Å²) in [5.74, 6) is 0.424. The Morgan fingerprint density at radius 3 is 2.62 bits per heavy atom. The summed E-state index contributed by atoms with van der Waals surface area (Å²) in [6.07, 6.45) is 12.4. The maximum absolute atomic E-state index is 13.8. The topological polar surface area (TPSA) is 109 Å². The van der Waals surface area contributed by atoms with Crippen LogP contribution in [-0.4, -0.2) is 85.2 Å². The lowest BCUT2D eigenvalue weighted by Crippen LogP contribution is -2.45. The molecular weight excluding hydrogens is 503 g/mol. The fraction of sp³-hybridized carbons (Fsp3) is 0.414. The molecule has 1 saturated carbocycles. The predicted molar refractivity (Wildman–Crippen MR) is 156 cm³/mol. The predicted octanol–water partition coefficient (Wildman–Crippen LogP) is 3.31. The number of ketones is 1. The van der Waals surface area contributed by atoms with Gasteiger partial charge in [0.1, 0.15) is 18.1 Å². The third kappa shape index (κ3) is 5.38. The lowest BCUT2D eigenvalue weighted by atomic mass is 9.62. The van der Waals surface area contributed by atoms with E-state index in [2.05, 4.69) is 38.5 Å². The number of likely N-dealkylation sites (tertiary alicyclic amines) is 1. The standard InChI is InChI=1S/C29H34BN8O2/c1-7-9-24(31-8-2)30-25-12-29(4)11-23(29)38(25)27(40)17-37-22-15-32-21(10-20(22)28(35-37)18(3)39)19-13-33-26(34-14-19)16-36(5)6/h7-10,13-15,23,25H,2,11-12,16-17H2,1,3-6H3/b9-7-,31-24?. The number of pyridine rings is 1. The van der Waals surface area contributed by atoms with E-state index in [9.17, 15) is 9.59 Å². The van der Waals surface area contributed by atoms with E-state index in [1.807, 2.05) is 56.3 Å². The summed E-state index contributed by atoms with van der Waals surface area (Å²) in [5, 5.41) is 5.22. The van der Waals surface area contributed by atoms with Gasteiger partial charge in [-0.2, -0.15) is 5.10 Å². The smallest absolute Gasteiger partial charge is 0.244 e. The molecule has 10 nitrogen and oxygen atoms in total. The minimum absolute atomic E-state index is 0.0155. The van der Waals surface area contributed by atoms with Gasteiger partial charge in [0.2, 0.25) is 13.2 Å². The van der Waals surface area contributed by atoms with Crippen molar-refractivity contribution in [3.05, 3.63) is 61.1 Å². The molecule has 0 aromatic carbocycles. The summed E-state index contributed by atoms with van der Waals surface area (Å²) >= 11 is 0. The lowest BCUT2D eigenvalue weighted by Gasteiger charge is -2.27. The number of Topliss-reactive ketones (excluding diaryl/α,β-unsaturated/α-hetero) is 1. The summed E-state index contributed by atoms with van der Waals surface area (Å²) in [6, 6.07) is 2.01. The highest BCUT2D eigenvalue weighted by molar-refractivity contribution is 6.79. The van der Waals surface area contributed by atoms with Crippen LogP contribution in [0.3, 0.4) is 0 Å². The summed E-state index contributed by atoms with van der Waals surface area (Å²) in [4.78, 5) is 48.1.